The molecule has 0 saturated carbocycles. The highest BCUT2D eigenvalue weighted by Gasteiger charge is 2.14. The molecule has 2 amide bonds. The number of carbonyl (C=O) groups is 2. The molecule has 0 aliphatic rings. The average molecular weight is 352 g/mol. The zero-order valence-corrected chi connectivity index (χ0v) is 14.4. The molecule has 0 saturated heterocycles. The van der Waals surface area contributed by atoms with Crippen molar-refractivity contribution in [1.82, 2.24) is 14.5 Å². The van der Waals surface area contributed by atoms with Gasteiger partial charge in [-0.1, -0.05) is 24.3 Å². The molecule has 26 heavy (non-hydrogen) atoms. The van der Waals surface area contributed by atoms with Crippen molar-refractivity contribution in [3.05, 3.63) is 70.1 Å². The Kier molecular flexibility index (Phi) is 4.88. The standard InChI is InChI=1S/C19H20N4O3/c1-2-22-15-8-3-4-9-16(15)23(19(22)26)12-17(24)21-11-13-6-5-7-14(10-13)18(20)25/h3-10H,2,11-12H2,1H3,(H2,20,25)(H,21,24). The third-order valence-corrected chi connectivity index (χ3v) is 4.24. The second-order valence-electron chi connectivity index (χ2n) is 5.94. The van der Waals surface area contributed by atoms with Gasteiger partial charge < -0.3 is 11.1 Å². The predicted octanol–water partition coefficient (Wildman–Crippen LogP) is 1.24. The summed E-state index contributed by atoms with van der Waals surface area (Å²) in [5.41, 5.74) is 7.73. The van der Waals surface area contributed by atoms with Gasteiger partial charge >= 0.3 is 5.69 Å². The number of para-hydroxylation sites is 2. The molecule has 1 heterocycles. The fourth-order valence-corrected chi connectivity index (χ4v) is 2.97. The lowest BCUT2D eigenvalue weighted by molar-refractivity contribution is -0.121. The van der Waals surface area contributed by atoms with Crippen LogP contribution in [0.25, 0.3) is 11.0 Å². The first-order valence-corrected chi connectivity index (χ1v) is 8.34. The topological polar surface area (TPSA) is 99.1 Å². The highest BCUT2D eigenvalue weighted by atomic mass is 16.2. The number of benzene rings is 2. The molecule has 0 atom stereocenters. The van der Waals surface area contributed by atoms with Gasteiger partial charge in [0.15, 0.2) is 0 Å². The van der Waals surface area contributed by atoms with Crippen LogP contribution in [0.4, 0.5) is 0 Å². The zero-order chi connectivity index (χ0) is 18.7. The molecule has 0 bridgehead atoms. The van der Waals surface area contributed by atoms with Gasteiger partial charge in [-0.05, 0) is 36.8 Å². The molecule has 0 unspecified atom stereocenters. The van der Waals surface area contributed by atoms with Gasteiger partial charge in [-0.15, -0.1) is 0 Å². The zero-order valence-electron chi connectivity index (χ0n) is 14.4. The van der Waals surface area contributed by atoms with E-state index in [0.29, 0.717) is 12.1 Å². The average Bonchev–Trinajstić information content (AvgIpc) is 2.91. The summed E-state index contributed by atoms with van der Waals surface area (Å²) in [6.45, 7) is 2.61. The molecule has 0 spiro atoms. The summed E-state index contributed by atoms with van der Waals surface area (Å²) in [5.74, 6) is -0.798. The SMILES string of the molecule is CCn1c(=O)n(CC(=O)NCc2cccc(C(N)=O)c2)c2ccccc21. The van der Waals surface area contributed by atoms with E-state index in [-0.39, 0.29) is 24.7 Å². The van der Waals surface area contributed by atoms with Crippen molar-refractivity contribution in [2.24, 2.45) is 5.73 Å². The van der Waals surface area contributed by atoms with Crippen LogP contribution in [0.5, 0.6) is 0 Å². The van der Waals surface area contributed by atoms with Crippen LogP contribution in [-0.4, -0.2) is 20.9 Å². The molecule has 7 heteroatoms. The number of aryl methyl sites for hydroxylation is 1. The lowest BCUT2D eigenvalue weighted by atomic mass is 10.1. The van der Waals surface area contributed by atoms with E-state index in [1.165, 1.54) is 4.57 Å². The Morgan fingerprint density at radius 2 is 1.73 bits per heavy atom. The number of fused-ring (bicyclic) bond motifs is 1. The highest BCUT2D eigenvalue weighted by Crippen LogP contribution is 2.12. The van der Waals surface area contributed by atoms with Crippen LogP contribution in [0.15, 0.2) is 53.3 Å². The Bertz CT molecular complexity index is 1030. The maximum absolute atomic E-state index is 12.5. The molecule has 2 aromatic carbocycles. The lowest BCUT2D eigenvalue weighted by Crippen LogP contribution is -2.32. The molecule has 0 aliphatic carbocycles. The fourth-order valence-electron chi connectivity index (χ4n) is 2.97. The summed E-state index contributed by atoms with van der Waals surface area (Å²) >= 11 is 0. The number of hydrogen-bond acceptors (Lipinski definition) is 3. The maximum atomic E-state index is 12.5. The van der Waals surface area contributed by atoms with Crippen LogP contribution in [-0.2, 0) is 24.4 Å². The third kappa shape index (κ3) is 3.37. The van der Waals surface area contributed by atoms with Crippen molar-refractivity contribution in [2.45, 2.75) is 26.6 Å². The summed E-state index contributed by atoms with van der Waals surface area (Å²) < 4.78 is 3.10. The fraction of sp³-hybridized carbons (Fsp3) is 0.211. The number of amides is 2. The molecule has 7 nitrogen and oxygen atoms in total. The molecular weight excluding hydrogens is 332 g/mol. The van der Waals surface area contributed by atoms with E-state index < -0.39 is 5.91 Å². The Hall–Kier alpha value is -3.35. The minimum Gasteiger partial charge on any atom is -0.366 e. The van der Waals surface area contributed by atoms with Crippen LogP contribution in [0.2, 0.25) is 0 Å². The van der Waals surface area contributed by atoms with Crippen LogP contribution in [0.1, 0.15) is 22.8 Å². The van der Waals surface area contributed by atoms with E-state index in [0.717, 1.165) is 16.6 Å². The van der Waals surface area contributed by atoms with E-state index in [1.54, 1.807) is 28.8 Å². The number of hydrogen-bond donors (Lipinski definition) is 2. The number of primary amides is 1. The second-order valence-corrected chi connectivity index (χ2v) is 5.94. The van der Waals surface area contributed by atoms with Gasteiger partial charge in [0.1, 0.15) is 6.54 Å². The second kappa shape index (κ2) is 7.26. The van der Waals surface area contributed by atoms with Crippen molar-refractivity contribution in [3.63, 3.8) is 0 Å². The van der Waals surface area contributed by atoms with Crippen molar-refractivity contribution < 1.29 is 9.59 Å². The molecular formula is C19H20N4O3. The van der Waals surface area contributed by atoms with Gasteiger partial charge in [0, 0.05) is 18.7 Å². The van der Waals surface area contributed by atoms with E-state index in [4.69, 9.17) is 5.73 Å². The molecule has 3 rings (SSSR count). The Labute approximate surface area is 150 Å². The molecule has 1 aromatic heterocycles. The Balaban J connectivity index is 1.76. The first-order valence-electron chi connectivity index (χ1n) is 8.34. The van der Waals surface area contributed by atoms with E-state index in [2.05, 4.69) is 5.32 Å². The summed E-state index contributed by atoms with van der Waals surface area (Å²) in [5, 5.41) is 2.77. The molecule has 3 N–H and O–H groups in total. The highest BCUT2D eigenvalue weighted by molar-refractivity contribution is 5.92. The summed E-state index contributed by atoms with van der Waals surface area (Å²) in [6, 6.07) is 14.2. The van der Waals surface area contributed by atoms with Crippen LogP contribution < -0.4 is 16.7 Å². The number of carbonyl (C=O) groups excluding carboxylic acids is 2. The van der Waals surface area contributed by atoms with Crippen molar-refractivity contribution in [2.75, 3.05) is 0 Å². The third-order valence-electron chi connectivity index (χ3n) is 4.24. The predicted molar refractivity (Wildman–Crippen MR) is 98.7 cm³/mol. The van der Waals surface area contributed by atoms with E-state index in [9.17, 15) is 14.4 Å². The van der Waals surface area contributed by atoms with E-state index in [1.807, 2.05) is 31.2 Å². The quantitative estimate of drug-likeness (QED) is 0.698. The summed E-state index contributed by atoms with van der Waals surface area (Å²) in [4.78, 5) is 36.1. The summed E-state index contributed by atoms with van der Waals surface area (Å²) in [7, 11) is 0. The number of imidazole rings is 1. The van der Waals surface area contributed by atoms with Gasteiger partial charge in [-0.3, -0.25) is 18.7 Å². The van der Waals surface area contributed by atoms with Crippen molar-refractivity contribution >= 4 is 22.8 Å². The monoisotopic (exact) mass is 352 g/mol. The van der Waals surface area contributed by atoms with E-state index >= 15 is 0 Å². The Morgan fingerprint density at radius 1 is 1.04 bits per heavy atom. The molecule has 3 aromatic rings. The number of aromatic nitrogens is 2. The van der Waals surface area contributed by atoms with Crippen LogP contribution in [0, 0.1) is 0 Å². The first kappa shape index (κ1) is 17.5. The van der Waals surface area contributed by atoms with Crippen LogP contribution in [0.3, 0.4) is 0 Å². The van der Waals surface area contributed by atoms with Crippen molar-refractivity contribution in [3.8, 4) is 0 Å². The molecule has 0 fully saturated rings. The van der Waals surface area contributed by atoms with Crippen LogP contribution >= 0.6 is 0 Å². The minimum absolute atomic E-state index is 0.0676. The van der Waals surface area contributed by atoms with Crippen molar-refractivity contribution in [1.29, 1.82) is 0 Å². The van der Waals surface area contributed by atoms with Gasteiger partial charge in [0.05, 0.1) is 11.0 Å². The number of rotatable bonds is 6. The number of nitrogens with one attached hydrogen (secondary N) is 1. The van der Waals surface area contributed by atoms with Gasteiger partial charge in [0.2, 0.25) is 11.8 Å². The lowest BCUT2D eigenvalue weighted by Gasteiger charge is -2.07. The summed E-state index contributed by atoms with van der Waals surface area (Å²) in [6.07, 6.45) is 0. The normalized spacial score (nSPS) is 10.8. The van der Waals surface area contributed by atoms with Gasteiger partial charge in [-0.2, -0.15) is 0 Å². The maximum Gasteiger partial charge on any atom is 0.329 e. The number of nitrogens with two attached hydrogens (primary N) is 1. The molecule has 0 aliphatic heterocycles. The molecule has 134 valence electrons. The Morgan fingerprint density at radius 3 is 2.38 bits per heavy atom. The molecule has 0 radical (unpaired) electrons. The van der Waals surface area contributed by atoms with Gasteiger partial charge in [-0.25, -0.2) is 4.79 Å². The van der Waals surface area contributed by atoms with Gasteiger partial charge in [0.25, 0.3) is 0 Å². The smallest absolute Gasteiger partial charge is 0.329 e. The minimum atomic E-state index is -0.517. The first-order chi connectivity index (χ1) is 12.5. The number of nitrogens with zero attached hydrogens (tertiary/aromatic N) is 2. The largest absolute Gasteiger partial charge is 0.366 e.